The van der Waals surface area contributed by atoms with E-state index in [4.69, 9.17) is 11.6 Å². The van der Waals surface area contributed by atoms with Gasteiger partial charge in [-0.05, 0) is 61.6 Å². The molecule has 5 nitrogen and oxygen atoms in total. The molecule has 1 amide bonds. The van der Waals surface area contributed by atoms with Crippen molar-refractivity contribution in [3.8, 4) is 11.1 Å². The Bertz CT molecular complexity index is 1070. The average Bonchev–Trinajstić information content (AvgIpc) is 2.81. The van der Waals surface area contributed by atoms with E-state index in [0.29, 0.717) is 29.8 Å². The van der Waals surface area contributed by atoms with Gasteiger partial charge < -0.3 is 10.4 Å². The zero-order valence-electron chi connectivity index (χ0n) is 17.6. The Morgan fingerprint density at radius 1 is 1.06 bits per heavy atom. The number of aliphatic hydroxyl groups is 1. The molecule has 1 aliphatic carbocycles. The van der Waals surface area contributed by atoms with E-state index in [2.05, 4.69) is 15.3 Å². The highest BCUT2D eigenvalue weighted by molar-refractivity contribution is 6.30. The van der Waals surface area contributed by atoms with Crippen LogP contribution in [0.3, 0.4) is 0 Å². The summed E-state index contributed by atoms with van der Waals surface area (Å²) in [4.78, 5) is 21.6. The van der Waals surface area contributed by atoms with E-state index in [1.54, 1.807) is 24.4 Å². The number of rotatable bonds is 6. The van der Waals surface area contributed by atoms with E-state index >= 15 is 0 Å². The first-order chi connectivity index (χ1) is 15.5. The quantitative estimate of drug-likeness (QED) is 0.564. The predicted molar refractivity (Wildman–Crippen MR) is 122 cm³/mol. The lowest BCUT2D eigenvalue weighted by atomic mass is 9.92. The molecule has 0 aliphatic heterocycles. The molecule has 1 fully saturated rings. The van der Waals surface area contributed by atoms with Gasteiger partial charge in [0.25, 0.3) is 5.91 Å². The van der Waals surface area contributed by atoms with Crippen LogP contribution in [-0.4, -0.2) is 33.1 Å². The third kappa shape index (κ3) is 5.50. The third-order valence-electron chi connectivity index (χ3n) is 5.84. The van der Waals surface area contributed by atoms with Crippen LogP contribution in [0.15, 0.2) is 54.9 Å². The monoisotopic (exact) mass is 453 g/mol. The van der Waals surface area contributed by atoms with Crippen molar-refractivity contribution in [1.29, 1.82) is 0 Å². The topological polar surface area (TPSA) is 75.1 Å². The zero-order chi connectivity index (χ0) is 22.5. The van der Waals surface area contributed by atoms with E-state index in [1.165, 1.54) is 12.3 Å². The van der Waals surface area contributed by atoms with Gasteiger partial charge in [0.15, 0.2) is 0 Å². The highest BCUT2D eigenvalue weighted by Crippen LogP contribution is 2.27. The summed E-state index contributed by atoms with van der Waals surface area (Å²) in [5.74, 6) is -0.613. The number of carbonyl (C=O) groups is 1. The van der Waals surface area contributed by atoms with Crippen LogP contribution in [0.4, 0.5) is 4.39 Å². The second kappa shape index (κ2) is 10.2. The molecule has 2 aromatic heterocycles. The van der Waals surface area contributed by atoms with Crippen molar-refractivity contribution in [1.82, 2.24) is 15.3 Å². The van der Waals surface area contributed by atoms with Crippen LogP contribution in [0.5, 0.6) is 0 Å². The molecule has 2 N–H and O–H groups in total. The van der Waals surface area contributed by atoms with Gasteiger partial charge in [-0.3, -0.25) is 14.8 Å². The molecule has 1 aliphatic rings. The van der Waals surface area contributed by atoms with Crippen molar-refractivity contribution in [2.24, 2.45) is 0 Å². The second-order valence-corrected chi connectivity index (χ2v) is 8.56. The highest BCUT2D eigenvalue weighted by Gasteiger charge is 2.25. The Morgan fingerprint density at radius 3 is 2.56 bits per heavy atom. The summed E-state index contributed by atoms with van der Waals surface area (Å²) in [5.41, 5.74) is 3.75. The van der Waals surface area contributed by atoms with Gasteiger partial charge in [0.2, 0.25) is 0 Å². The second-order valence-electron chi connectivity index (χ2n) is 8.12. The standard InChI is InChI=1S/C25H25ClFN3O2/c26-18-7-5-16(6-8-18)21-13-17(25(32)30-23-3-1-2-4-24(23)31)14-29-22(21)12-11-20-10-9-19(27)15-28-20/h5-10,13-15,23-24,31H,1-4,11-12H2,(H,30,32). The maximum atomic E-state index is 13.1. The Balaban J connectivity index is 1.58. The van der Waals surface area contributed by atoms with Gasteiger partial charge >= 0.3 is 0 Å². The molecule has 2 atom stereocenters. The van der Waals surface area contributed by atoms with Crippen LogP contribution < -0.4 is 5.32 Å². The number of aryl methyl sites for hydroxylation is 2. The Labute approximate surface area is 191 Å². The molecule has 166 valence electrons. The van der Waals surface area contributed by atoms with E-state index in [9.17, 15) is 14.3 Å². The van der Waals surface area contributed by atoms with Crippen molar-refractivity contribution < 1.29 is 14.3 Å². The maximum Gasteiger partial charge on any atom is 0.253 e. The fourth-order valence-electron chi connectivity index (χ4n) is 4.03. The number of hydrogen-bond donors (Lipinski definition) is 2. The fraction of sp³-hybridized carbons (Fsp3) is 0.320. The van der Waals surface area contributed by atoms with Gasteiger partial charge in [-0.15, -0.1) is 0 Å². The van der Waals surface area contributed by atoms with Crippen molar-refractivity contribution in [2.75, 3.05) is 0 Å². The van der Waals surface area contributed by atoms with Crippen molar-refractivity contribution in [3.63, 3.8) is 0 Å². The number of carbonyl (C=O) groups excluding carboxylic acids is 1. The number of halogens is 2. The lowest BCUT2D eigenvalue weighted by Crippen LogP contribution is -2.45. The average molecular weight is 454 g/mol. The number of aromatic nitrogens is 2. The van der Waals surface area contributed by atoms with Crippen LogP contribution in [0.2, 0.25) is 5.02 Å². The third-order valence-corrected chi connectivity index (χ3v) is 6.09. The van der Waals surface area contributed by atoms with E-state index in [-0.39, 0.29) is 17.8 Å². The minimum atomic E-state index is -0.515. The fourth-order valence-corrected chi connectivity index (χ4v) is 4.15. The molecule has 0 saturated heterocycles. The molecule has 3 aromatic rings. The van der Waals surface area contributed by atoms with Crippen LogP contribution >= 0.6 is 11.6 Å². The highest BCUT2D eigenvalue weighted by atomic mass is 35.5. The number of hydrogen-bond acceptors (Lipinski definition) is 4. The van der Waals surface area contributed by atoms with Crippen LogP contribution in [-0.2, 0) is 12.8 Å². The number of benzene rings is 1. The number of amides is 1. The van der Waals surface area contributed by atoms with Gasteiger partial charge in [-0.2, -0.15) is 0 Å². The van der Waals surface area contributed by atoms with E-state index in [1.807, 2.05) is 18.2 Å². The molecule has 2 heterocycles. The lowest BCUT2D eigenvalue weighted by Gasteiger charge is -2.28. The number of pyridine rings is 2. The molecule has 0 bridgehead atoms. The van der Waals surface area contributed by atoms with Gasteiger partial charge in [0.1, 0.15) is 5.82 Å². The van der Waals surface area contributed by atoms with E-state index < -0.39 is 6.10 Å². The number of nitrogens with one attached hydrogen (secondary N) is 1. The summed E-state index contributed by atoms with van der Waals surface area (Å²) in [7, 11) is 0. The lowest BCUT2D eigenvalue weighted by molar-refractivity contribution is 0.0717. The molecule has 2 unspecified atom stereocenters. The molecule has 1 aromatic carbocycles. The molecule has 7 heteroatoms. The van der Waals surface area contributed by atoms with Crippen LogP contribution in [0, 0.1) is 5.82 Å². The van der Waals surface area contributed by atoms with Crippen LogP contribution in [0.1, 0.15) is 47.4 Å². The number of aliphatic hydroxyl groups excluding tert-OH is 1. The normalized spacial score (nSPS) is 18.3. The Kier molecular flexibility index (Phi) is 7.12. The predicted octanol–water partition coefficient (Wildman–Crippen LogP) is 4.75. The largest absolute Gasteiger partial charge is 0.391 e. The minimum Gasteiger partial charge on any atom is -0.391 e. The summed E-state index contributed by atoms with van der Waals surface area (Å²) >= 11 is 6.05. The van der Waals surface area contributed by atoms with Gasteiger partial charge in [0.05, 0.1) is 23.9 Å². The molecule has 0 radical (unpaired) electrons. The first-order valence-corrected chi connectivity index (χ1v) is 11.2. The molecular weight excluding hydrogens is 429 g/mol. The Hall–Kier alpha value is -2.83. The summed E-state index contributed by atoms with van der Waals surface area (Å²) in [6.45, 7) is 0. The van der Waals surface area contributed by atoms with Gasteiger partial charge in [-0.25, -0.2) is 4.39 Å². The summed E-state index contributed by atoms with van der Waals surface area (Å²) in [6.07, 6.45) is 6.88. The Morgan fingerprint density at radius 2 is 1.84 bits per heavy atom. The van der Waals surface area contributed by atoms with E-state index in [0.717, 1.165) is 41.8 Å². The zero-order valence-corrected chi connectivity index (χ0v) is 18.4. The van der Waals surface area contributed by atoms with Crippen molar-refractivity contribution in [2.45, 2.75) is 50.7 Å². The van der Waals surface area contributed by atoms with Gasteiger partial charge in [0, 0.05) is 28.2 Å². The number of nitrogens with zero attached hydrogens (tertiary/aromatic N) is 2. The molecule has 32 heavy (non-hydrogen) atoms. The SMILES string of the molecule is O=C(NC1CCCCC1O)c1cnc(CCc2ccc(F)cn2)c(-c2ccc(Cl)cc2)c1. The smallest absolute Gasteiger partial charge is 0.253 e. The minimum absolute atomic E-state index is 0.237. The molecule has 0 spiro atoms. The molecule has 4 rings (SSSR count). The summed E-state index contributed by atoms with van der Waals surface area (Å²) in [6, 6.07) is 12.0. The molecule has 1 saturated carbocycles. The van der Waals surface area contributed by atoms with Crippen molar-refractivity contribution in [3.05, 3.63) is 82.6 Å². The van der Waals surface area contributed by atoms with Crippen LogP contribution in [0.25, 0.3) is 11.1 Å². The van der Waals surface area contributed by atoms with Crippen molar-refractivity contribution >= 4 is 17.5 Å². The first kappa shape index (κ1) is 22.4. The first-order valence-electron chi connectivity index (χ1n) is 10.8. The summed E-state index contributed by atoms with van der Waals surface area (Å²) in [5, 5.41) is 13.8. The van der Waals surface area contributed by atoms with Gasteiger partial charge in [-0.1, -0.05) is 36.6 Å². The maximum absolute atomic E-state index is 13.1. The molecular formula is C25H25ClFN3O2. The summed E-state index contributed by atoms with van der Waals surface area (Å²) < 4.78 is 13.1.